The van der Waals surface area contributed by atoms with E-state index < -0.39 is 0 Å². The van der Waals surface area contributed by atoms with E-state index in [1.54, 1.807) is 0 Å². The SMILES string of the molecule is c1ccc2c(c1)c1ccccc1n2-c1ccc(-c2ccc3c(c2)sc2cc4ccc5c(c4cc23)c2cccc3c4ccccc4n5c32)cc1. The van der Waals surface area contributed by atoms with Gasteiger partial charge in [-0.1, -0.05) is 103 Å². The Morgan fingerprint density at radius 2 is 1.00 bits per heavy atom. The molecule has 12 rings (SSSR count). The molecule has 226 valence electrons. The van der Waals surface area contributed by atoms with Crippen molar-refractivity contribution in [2.75, 3.05) is 0 Å². The molecule has 0 saturated carbocycles. The van der Waals surface area contributed by atoms with Gasteiger partial charge >= 0.3 is 0 Å². The molecular formula is C46H26N2S. The number of hydrogen-bond acceptors (Lipinski definition) is 1. The number of hydrogen-bond donors (Lipinski definition) is 0. The van der Waals surface area contributed by atoms with Gasteiger partial charge in [0.2, 0.25) is 0 Å². The number of fused-ring (bicyclic) bond motifs is 14. The standard InChI is InChI=1S/C46H26N2S/c1-4-13-39-31(8-1)32-9-2-5-14-40(32)47(39)30-20-16-27(17-21-30)28-18-22-34-38-26-37-29(25-44(38)49-43(34)24-28)19-23-42-45(37)36-12-7-11-35-33-10-3-6-15-41(33)48(42)46(35)36/h1-26H. The monoisotopic (exact) mass is 638 g/mol. The second-order valence-corrected chi connectivity index (χ2v) is 14.4. The zero-order chi connectivity index (χ0) is 31.8. The Labute approximate surface area is 284 Å². The van der Waals surface area contributed by atoms with Crippen LogP contribution in [0, 0.1) is 0 Å². The number of nitrogens with zero attached hydrogens (tertiary/aromatic N) is 2. The Kier molecular flexibility index (Phi) is 4.89. The van der Waals surface area contributed by atoms with Crippen molar-refractivity contribution >= 4 is 102 Å². The zero-order valence-electron chi connectivity index (χ0n) is 26.3. The van der Waals surface area contributed by atoms with Crippen LogP contribution in [0.15, 0.2) is 158 Å². The summed E-state index contributed by atoms with van der Waals surface area (Å²) in [5.41, 5.74) is 10.0. The maximum Gasteiger partial charge on any atom is 0.0620 e. The summed E-state index contributed by atoms with van der Waals surface area (Å²) >= 11 is 1.90. The Hall–Kier alpha value is -6.16. The average Bonchev–Trinajstić information content (AvgIpc) is 3.89. The molecule has 0 fully saturated rings. The summed E-state index contributed by atoms with van der Waals surface area (Å²) in [6.07, 6.45) is 0. The zero-order valence-corrected chi connectivity index (χ0v) is 27.1. The van der Waals surface area contributed by atoms with Crippen molar-refractivity contribution in [3.63, 3.8) is 0 Å². The van der Waals surface area contributed by atoms with Gasteiger partial charge in [-0.25, -0.2) is 0 Å². The smallest absolute Gasteiger partial charge is 0.0620 e. The quantitative estimate of drug-likeness (QED) is 0.178. The van der Waals surface area contributed by atoms with Gasteiger partial charge in [-0.2, -0.15) is 0 Å². The molecule has 2 nitrogen and oxygen atoms in total. The number of aromatic nitrogens is 2. The summed E-state index contributed by atoms with van der Waals surface area (Å²) in [6, 6.07) is 58.5. The molecule has 49 heavy (non-hydrogen) atoms. The average molecular weight is 639 g/mol. The predicted molar refractivity (Wildman–Crippen MR) is 211 cm³/mol. The largest absolute Gasteiger partial charge is 0.309 e. The first-order valence-electron chi connectivity index (χ1n) is 16.9. The van der Waals surface area contributed by atoms with E-state index in [4.69, 9.17) is 0 Å². The van der Waals surface area contributed by atoms with Crippen LogP contribution in [-0.2, 0) is 0 Å². The minimum Gasteiger partial charge on any atom is -0.309 e. The van der Waals surface area contributed by atoms with Crippen molar-refractivity contribution in [1.29, 1.82) is 0 Å². The van der Waals surface area contributed by atoms with Crippen LogP contribution in [0.3, 0.4) is 0 Å². The van der Waals surface area contributed by atoms with Gasteiger partial charge in [0.25, 0.3) is 0 Å². The van der Waals surface area contributed by atoms with Crippen molar-refractivity contribution in [3.8, 4) is 16.8 Å². The molecule has 0 atom stereocenters. The minimum absolute atomic E-state index is 1.18. The molecule has 0 aliphatic carbocycles. The Morgan fingerprint density at radius 1 is 0.367 bits per heavy atom. The van der Waals surface area contributed by atoms with Gasteiger partial charge in [0.1, 0.15) is 0 Å². The molecule has 4 aromatic heterocycles. The highest BCUT2D eigenvalue weighted by atomic mass is 32.1. The van der Waals surface area contributed by atoms with Crippen LogP contribution in [0.4, 0.5) is 0 Å². The molecule has 0 aliphatic rings. The van der Waals surface area contributed by atoms with Gasteiger partial charge < -0.3 is 8.97 Å². The minimum atomic E-state index is 1.18. The summed E-state index contributed by atoms with van der Waals surface area (Å²) in [6.45, 7) is 0. The summed E-state index contributed by atoms with van der Waals surface area (Å²) < 4.78 is 7.52. The van der Waals surface area contributed by atoms with Crippen molar-refractivity contribution in [1.82, 2.24) is 8.97 Å². The molecule has 0 aliphatic heterocycles. The molecule has 0 bridgehead atoms. The van der Waals surface area contributed by atoms with Crippen LogP contribution in [0.2, 0.25) is 0 Å². The van der Waals surface area contributed by atoms with Crippen LogP contribution in [0.5, 0.6) is 0 Å². The fraction of sp³-hybridized carbons (Fsp3) is 0. The second-order valence-electron chi connectivity index (χ2n) is 13.3. The highest BCUT2D eigenvalue weighted by Crippen LogP contribution is 2.44. The van der Waals surface area contributed by atoms with E-state index in [-0.39, 0.29) is 0 Å². The van der Waals surface area contributed by atoms with Gasteiger partial charge in [0.15, 0.2) is 0 Å². The lowest BCUT2D eigenvalue weighted by molar-refractivity contribution is 1.18. The van der Waals surface area contributed by atoms with E-state index in [2.05, 4.69) is 167 Å². The molecule has 3 heteroatoms. The highest BCUT2D eigenvalue weighted by molar-refractivity contribution is 7.26. The van der Waals surface area contributed by atoms with Gasteiger partial charge in [-0.3, -0.25) is 0 Å². The Bertz CT molecular complexity index is 3260. The molecule has 0 N–H and O–H groups in total. The molecule has 0 spiro atoms. The summed E-state index contributed by atoms with van der Waals surface area (Å²) in [5.74, 6) is 0. The third kappa shape index (κ3) is 3.35. The third-order valence-electron chi connectivity index (χ3n) is 10.8. The number of benzene rings is 8. The van der Waals surface area contributed by atoms with Crippen molar-refractivity contribution in [2.24, 2.45) is 0 Å². The third-order valence-corrected chi connectivity index (χ3v) is 11.9. The first-order valence-corrected chi connectivity index (χ1v) is 17.7. The summed E-state index contributed by atoms with van der Waals surface area (Å²) in [5, 5.41) is 13.2. The van der Waals surface area contributed by atoms with E-state index >= 15 is 0 Å². The topological polar surface area (TPSA) is 9.34 Å². The first-order chi connectivity index (χ1) is 24.3. The van der Waals surface area contributed by atoms with Crippen LogP contribution in [0.1, 0.15) is 0 Å². The molecule has 0 radical (unpaired) electrons. The molecule has 0 saturated heterocycles. The second kappa shape index (κ2) is 9.25. The lowest BCUT2D eigenvalue weighted by atomic mass is 9.99. The Morgan fingerprint density at radius 3 is 1.78 bits per heavy atom. The number of thiophene rings is 1. The van der Waals surface area contributed by atoms with Crippen molar-refractivity contribution in [3.05, 3.63) is 158 Å². The molecule has 0 unspecified atom stereocenters. The van der Waals surface area contributed by atoms with Crippen LogP contribution < -0.4 is 0 Å². The van der Waals surface area contributed by atoms with Crippen molar-refractivity contribution < 1.29 is 0 Å². The van der Waals surface area contributed by atoms with Gasteiger partial charge in [-0.15, -0.1) is 11.3 Å². The van der Waals surface area contributed by atoms with E-state index in [1.807, 2.05) is 11.3 Å². The first kappa shape index (κ1) is 25.9. The maximum atomic E-state index is 2.48. The fourth-order valence-corrected chi connectivity index (χ4v) is 9.88. The maximum absolute atomic E-state index is 2.48. The van der Waals surface area contributed by atoms with Crippen molar-refractivity contribution in [2.45, 2.75) is 0 Å². The van der Waals surface area contributed by atoms with E-state index in [0.717, 1.165) is 0 Å². The molecule has 8 aromatic carbocycles. The van der Waals surface area contributed by atoms with Gasteiger partial charge in [0, 0.05) is 58.2 Å². The van der Waals surface area contributed by atoms with Crippen LogP contribution in [0.25, 0.3) is 108 Å². The summed E-state index contributed by atoms with van der Waals surface area (Å²) in [4.78, 5) is 0. The van der Waals surface area contributed by atoms with Crippen LogP contribution >= 0.6 is 11.3 Å². The van der Waals surface area contributed by atoms with Crippen LogP contribution in [-0.4, -0.2) is 8.97 Å². The molecule has 4 heterocycles. The highest BCUT2D eigenvalue weighted by Gasteiger charge is 2.19. The molecule has 12 aromatic rings. The number of para-hydroxylation sites is 4. The van der Waals surface area contributed by atoms with Gasteiger partial charge in [0.05, 0.1) is 27.6 Å². The molecular weight excluding hydrogens is 613 g/mol. The Balaban J connectivity index is 1.01. The van der Waals surface area contributed by atoms with E-state index in [0.29, 0.717) is 0 Å². The van der Waals surface area contributed by atoms with E-state index in [9.17, 15) is 0 Å². The lowest BCUT2D eigenvalue weighted by Crippen LogP contribution is -1.93. The van der Waals surface area contributed by atoms with Gasteiger partial charge in [-0.05, 0) is 76.5 Å². The predicted octanol–water partition coefficient (Wildman–Crippen LogP) is 13.1. The number of rotatable bonds is 2. The molecule has 0 amide bonds. The lowest BCUT2D eigenvalue weighted by Gasteiger charge is -2.09. The van der Waals surface area contributed by atoms with E-state index in [1.165, 1.54) is 108 Å². The normalized spacial score (nSPS) is 12.5. The fourth-order valence-electron chi connectivity index (χ4n) is 8.71. The summed E-state index contributed by atoms with van der Waals surface area (Å²) in [7, 11) is 0.